The van der Waals surface area contributed by atoms with Crippen molar-refractivity contribution in [3.05, 3.63) is 82.7 Å². The van der Waals surface area contributed by atoms with Gasteiger partial charge in [-0.05, 0) is 29.8 Å². The molecule has 142 valence electrons. The zero-order valence-corrected chi connectivity index (χ0v) is 14.5. The molecule has 4 aromatic rings. The van der Waals surface area contributed by atoms with Crippen LogP contribution < -0.4 is 5.73 Å². The van der Waals surface area contributed by atoms with Gasteiger partial charge in [-0.25, -0.2) is 13.2 Å². The smallest absolute Gasteiger partial charge is 0.249 e. The van der Waals surface area contributed by atoms with Crippen LogP contribution in [0.1, 0.15) is 21.5 Å². The molecule has 0 aliphatic heterocycles. The lowest BCUT2D eigenvalue weighted by Gasteiger charge is -2.10. The van der Waals surface area contributed by atoms with E-state index in [2.05, 4.69) is 0 Å². The Balaban J connectivity index is 2.04. The topological polar surface area (TPSA) is 68.2 Å². The van der Waals surface area contributed by atoms with E-state index < -0.39 is 23.4 Å². The van der Waals surface area contributed by atoms with Gasteiger partial charge in [0.25, 0.3) is 0 Å². The van der Waals surface area contributed by atoms with Crippen molar-refractivity contribution in [3.8, 4) is 0 Å². The lowest BCUT2D eigenvalue weighted by atomic mass is 10.0. The molecule has 3 N–H and O–H groups in total. The van der Waals surface area contributed by atoms with E-state index in [9.17, 15) is 23.1 Å². The summed E-state index contributed by atoms with van der Waals surface area (Å²) in [5.74, 6) is -3.90. The van der Waals surface area contributed by atoms with Crippen LogP contribution in [-0.2, 0) is 13.2 Å². The molecule has 4 rings (SSSR count). The van der Waals surface area contributed by atoms with Crippen molar-refractivity contribution in [2.75, 3.05) is 0 Å². The zero-order chi connectivity index (χ0) is 20.0. The van der Waals surface area contributed by atoms with Crippen LogP contribution in [0, 0.1) is 17.5 Å². The van der Waals surface area contributed by atoms with E-state index in [-0.39, 0.29) is 18.7 Å². The summed E-state index contributed by atoms with van der Waals surface area (Å²) in [5, 5.41) is 10.7. The number of amides is 1. The highest BCUT2D eigenvalue weighted by Gasteiger charge is 2.18. The van der Waals surface area contributed by atoms with Crippen molar-refractivity contribution in [1.29, 1.82) is 0 Å². The molecule has 0 aliphatic carbocycles. The Bertz CT molecular complexity index is 1250. The van der Waals surface area contributed by atoms with Gasteiger partial charge in [0.1, 0.15) is 5.82 Å². The number of hydrogen-bond acceptors (Lipinski definition) is 2. The number of hydrogen-bond donors (Lipinski definition) is 2. The molecule has 0 aliphatic rings. The van der Waals surface area contributed by atoms with E-state index in [4.69, 9.17) is 5.73 Å². The van der Waals surface area contributed by atoms with Crippen molar-refractivity contribution in [2.24, 2.45) is 5.73 Å². The van der Waals surface area contributed by atoms with Crippen LogP contribution in [0.15, 0.2) is 48.5 Å². The van der Waals surface area contributed by atoms with Gasteiger partial charge in [-0.3, -0.25) is 4.79 Å². The maximum absolute atomic E-state index is 14.2. The van der Waals surface area contributed by atoms with Crippen molar-refractivity contribution in [1.82, 2.24) is 4.57 Å². The third-order valence-electron chi connectivity index (χ3n) is 4.82. The Hall–Kier alpha value is -3.32. The normalized spacial score (nSPS) is 11.4. The van der Waals surface area contributed by atoms with E-state index >= 15 is 0 Å². The van der Waals surface area contributed by atoms with Gasteiger partial charge in [-0.15, -0.1) is 0 Å². The molecule has 28 heavy (non-hydrogen) atoms. The van der Waals surface area contributed by atoms with E-state index in [1.54, 1.807) is 41.0 Å². The van der Waals surface area contributed by atoms with Crippen molar-refractivity contribution in [3.63, 3.8) is 0 Å². The first-order valence-electron chi connectivity index (χ1n) is 8.48. The molecule has 1 heterocycles. The highest BCUT2D eigenvalue weighted by atomic mass is 19.2. The van der Waals surface area contributed by atoms with Crippen molar-refractivity contribution in [2.45, 2.75) is 13.2 Å². The summed E-state index contributed by atoms with van der Waals surface area (Å²) in [6.45, 7) is -0.306. The number of aliphatic hydroxyl groups excluding tert-OH is 1. The number of rotatable bonds is 4. The summed E-state index contributed by atoms with van der Waals surface area (Å²) in [4.78, 5) is 11.9. The lowest BCUT2D eigenvalue weighted by molar-refractivity contribution is 0.100. The van der Waals surface area contributed by atoms with E-state index in [0.29, 0.717) is 39.0 Å². The first-order valence-corrected chi connectivity index (χ1v) is 8.48. The van der Waals surface area contributed by atoms with Crippen LogP contribution in [-0.4, -0.2) is 15.6 Å². The average Bonchev–Trinajstić information content (AvgIpc) is 2.99. The maximum atomic E-state index is 14.2. The van der Waals surface area contributed by atoms with Crippen LogP contribution in [0.4, 0.5) is 13.2 Å². The van der Waals surface area contributed by atoms with Crippen LogP contribution in [0.2, 0.25) is 0 Å². The molecule has 0 atom stereocenters. The van der Waals surface area contributed by atoms with Crippen LogP contribution >= 0.6 is 0 Å². The van der Waals surface area contributed by atoms with Gasteiger partial charge in [-0.2, -0.15) is 0 Å². The standard InChI is InChI=1S/C21H15F3N2O2/c22-15-8-17(24)16(23)7-12(15)9-26-18-3-1-2-14(21(25)28)20(18)13-5-4-11(10-27)6-19(13)26/h1-8,27H,9-10H2,(H2,25,28). The minimum Gasteiger partial charge on any atom is -0.392 e. The summed E-state index contributed by atoms with van der Waals surface area (Å²) in [6.07, 6.45) is 0. The quantitative estimate of drug-likeness (QED) is 0.525. The number of halogens is 3. The average molecular weight is 384 g/mol. The Morgan fingerprint density at radius 2 is 1.71 bits per heavy atom. The SMILES string of the molecule is NC(=O)c1cccc2c1c1ccc(CO)cc1n2Cc1cc(F)c(F)cc1F. The van der Waals surface area contributed by atoms with Crippen molar-refractivity contribution < 1.29 is 23.1 Å². The second-order valence-electron chi connectivity index (χ2n) is 6.52. The van der Waals surface area contributed by atoms with Gasteiger partial charge in [-0.1, -0.05) is 18.2 Å². The number of aliphatic hydroxyl groups is 1. The molecule has 0 fully saturated rings. The fourth-order valence-corrected chi connectivity index (χ4v) is 3.52. The summed E-state index contributed by atoms with van der Waals surface area (Å²) < 4.78 is 42.9. The van der Waals surface area contributed by atoms with Gasteiger partial charge in [0.15, 0.2) is 11.6 Å². The number of carbonyl (C=O) groups excluding carboxylic acids is 1. The largest absolute Gasteiger partial charge is 0.392 e. The summed E-state index contributed by atoms with van der Waals surface area (Å²) in [7, 11) is 0. The van der Waals surface area contributed by atoms with E-state index in [0.717, 1.165) is 6.07 Å². The zero-order valence-electron chi connectivity index (χ0n) is 14.5. The molecule has 0 radical (unpaired) electrons. The first kappa shape index (κ1) is 18.1. The number of primary amides is 1. The molecule has 0 spiro atoms. The third-order valence-corrected chi connectivity index (χ3v) is 4.82. The van der Waals surface area contributed by atoms with Gasteiger partial charge >= 0.3 is 0 Å². The van der Waals surface area contributed by atoms with Crippen LogP contribution in [0.3, 0.4) is 0 Å². The number of carbonyl (C=O) groups is 1. The Labute approximate surface area is 157 Å². The minimum atomic E-state index is -1.26. The molecule has 1 amide bonds. The molecular weight excluding hydrogens is 369 g/mol. The molecule has 0 bridgehead atoms. The van der Waals surface area contributed by atoms with Crippen molar-refractivity contribution >= 4 is 27.7 Å². The van der Waals surface area contributed by atoms with Crippen LogP contribution in [0.5, 0.6) is 0 Å². The molecule has 0 saturated heterocycles. The van der Waals surface area contributed by atoms with Gasteiger partial charge < -0.3 is 15.4 Å². The summed E-state index contributed by atoms with van der Waals surface area (Å²) in [5.41, 5.74) is 7.57. The number of fused-ring (bicyclic) bond motifs is 3. The first-order chi connectivity index (χ1) is 13.4. The van der Waals surface area contributed by atoms with E-state index in [1.165, 1.54) is 0 Å². The molecular formula is C21H15F3N2O2. The Morgan fingerprint density at radius 1 is 0.964 bits per heavy atom. The number of nitrogens with zero attached hydrogens (tertiary/aromatic N) is 1. The molecule has 7 heteroatoms. The second-order valence-corrected chi connectivity index (χ2v) is 6.52. The van der Waals surface area contributed by atoms with E-state index in [1.807, 2.05) is 0 Å². The molecule has 4 nitrogen and oxygen atoms in total. The monoisotopic (exact) mass is 384 g/mol. The summed E-state index contributed by atoms with van der Waals surface area (Å²) in [6, 6.07) is 11.5. The van der Waals surface area contributed by atoms with Gasteiger partial charge in [0, 0.05) is 33.5 Å². The van der Waals surface area contributed by atoms with Gasteiger partial charge in [0.05, 0.1) is 18.7 Å². The Morgan fingerprint density at radius 3 is 2.43 bits per heavy atom. The predicted molar refractivity (Wildman–Crippen MR) is 99.3 cm³/mol. The molecule has 3 aromatic carbocycles. The third kappa shape index (κ3) is 2.80. The number of nitrogens with two attached hydrogens (primary N) is 1. The number of aromatic nitrogens is 1. The number of benzene rings is 3. The highest BCUT2D eigenvalue weighted by molar-refractivity contribution is 6.17. The molecule has 0 unspecified atom stereocenters. The minimum absolute atomic E-state index is 0.0448. The highest BCUT2D eigenvalue weighted by Crippen LogP contribution is 2.33. The fourth-order valence-electron chi connectivity index (χ4n) is 3.52. The second kappa shape index (κ2) is 6.69. The lowest BCUT2D eigenvalue weighted by Crippen LogP contribution is -2.11. The van der Waals surface area contributed by atoms with Gasteiger partial charge in [0.2, 0.25) is 5.91 Å². The predicted octanol–water partition coefficient (Wildman–Crippen LogP) is 3.85. The maximum Gasteiger partial charge on any atom is 0.249 e. The summed E-state index contributed by atoms with van der Waals surface area (Å²) >= 11 is 0. The Kier molecular flexibility index (Phi) is 4.31. The molecule has 1 aromatic heterocycles. The molecule has 0 saturated carbocycles. The fraction of sp³-hybridized carbons (Fsp3) is 0.0952. The van der Waals surface area contributed by atoms with Crippen LogP contribution in [0.25, 0.3) is 21.8 Å².